The Bertz CT molecular complexity index is 264. The minimum atomic E-state index is 0.545. The number of hydrogen-bond acceptors (Lipinski definition) is 3. The van der Waals surface area contributed by atoms with Crippen LogP contribution in [0.3, 0.4) is 0 Å². The fraction of sp³-hybridized carbons (Fsp3) is 0.583. The molecule has 1 aromatic heterocycles. The Kier molecular flexibility index (Phi) is 5.73. The number of nitrogens with zero attached hydrogens (tertiary/aromatic N) is 1. The minimum Gasteiger partial charge on any atom is -0.313 e. The van der Waals surface area contributed by atoms with E-state index >= 15 is 0 Å². The highest BCUT2D eigenvalue weighted by atomic mass is 32.2. The highest BCUT2D eigenvalue weighted by Gasteiger charge is 2.12. The first kappa shape index (κ1) is 12.5. The van der Waals surface area contributed by atoms with Gasteiger partial charge in [0, 0.05) is 28.6 Å². The van der Waals surface area contributed by atoms with Gasteiger partial charge in [0.05, 0.1) is 0 Å². The van der Waals surface area contributed by atoms with Gasteiger partial charge in [-0.3, -0.25) is 4.98 Å². The fourth-order valence-corrected chi connectivity index (χ4v) is 2.28. The summed E-state index contributed by atoms with van der Waals surface area (Å²) in [6.07, 6.45) is 4.88. The van der Waals surface area contributed by atoms with Crippen LogP contribution in [0.4, 0.5) is 0 Å². The maximum Gasteiger partial charge on any atom is 0.0278 e. The van der Waals surface area contributed by atoms with Crippen LogP contribution >= 0.6 is 11.8 Å². The SMILES string of the molecule is CCCNC(C)C(C)Sc1ccncc1. The van der Waals surface area contributed by atoms with Crippen molar-refractivity contribution < 1.29 is 0 Å². The van der Waals surface area contributed by atoms with E-state index in [-0.39, 0.29) is 0 Å². The topological polar surface area (TPSA) is 24.9 Å². The van der Waals surface area contributed by atoms with Gasteiger partial charge in [-0.05, 0) is 32.0 Å². The van der Waals surface area contributed by atoms with Crippen LogP contribution in [0.25, 0.3) is 0 Å². The average molecular weight is 224 g/mol. The zero-order valence-electron chi connectivity index (χ0n) is 9.73. The monoisotopic (exact) mass is 224 g/mol. The van der Waals surface area contributed by atoms with Crippen LogP contribution < -0.4 is 5.32 Å². The Morgan fingerprint density at radius 3 is 2.60 bits per heavy atom. The smallest absolute Gasteiger partial charge is 0.0278 e. The van der Waals surface area contributed by atoms with E-state index in [0.717, 1.165) is 6.54 Å². The summed E-state index contributed by atoms with van der Waals surface area (Å²) in [6, 6.07) is 4.67. The maximum absolute atomic E-state index is 4.02. The number of thioether (sulfide) groups is 1. The van der Waals surface area contributed by atoms with E-state index in [1.807, 2.05) is 24.2 Å². The molecule has 0 aliphatic rings. The van der Waals surface area contributed by atoms with Crippen molar-refractivity contribution in [1.82, 2.24) is 10.3 Å². The maximum atomic E-state index is 4.02. The van der Waals surface area contributed by atoms with Gasteiger partial charge in [-0.25, -0.2) is 0 Å². The zero-order valence-corrected chi connectivity index (χ0v) is 10.6. The lowest BCUT2D eigenvalue weighted by atomic mass is 10.2. The van der Waals surface area contributed by atoms with Crippen LogP contribution in [-0.2, 0) is 0 Å². The van der Waals surface area contributed by atoms with Crippen molar-refractivity contribution >= 4 is 11.8 Å². The molecule has 1 aromatic rings. The van der Waals surface area contributed by atoms with Gasteiger partial charge in [0.15, 0.2) is 0 Å². The van der Waals surface area contributed by atoms with Crippen LogP contribution in [0.1, 0.15) is 27.2 Å². The van der Waals surface area contributed by atoms with Gasteiger partial charge < -0.3 is 5.32 Å². The molecule has 3 heteroatoms. The van der Waals surface area contributed by atoms with Crippen LogP contribution in [0, 0.1) is 0 Å². The van der Waals surface area contributed by atoms with E-state index in [4.69, 9.17) is 0 Å². The third-order valence-corrected chi connectivity index (χ3v) is 3.72. The number of hydrogen-bond donors (Lipinski definition) is 1. The molecule has 2 nitrogen and oxygen atoms in total. The first-order valence-electron chi connectivity index (χ1n) is 5.54. The molecule has 0 bridgehead atoms. The summed E-state index contributed by atoms with van der Waals surface area (Å²) in [6.45, 7) is 7.80. The molecule has 1 N–H and O–H groups in total. The third kappa shape index (κ3) is 4.67. The van der Waals surface area contributed by atoms with Crippen LogP contribution in [0.15, 0.2) is 29.4 Å². The molecule has 0 saturated carbocycles. The first-order valence-corrected chi connectivity index (χ1v) is 6.42. The van der Waals surface area contributed by atoms with Gasteiger partial charge in [0.1, 0.15) is 0 Å². The zero-order chi connectivity index (χ0) is 11.1. The van der Waals surface area contributed by atoms with Gasteiger partial charge in [-0.2, -0.15) is 0 Å². The molecule has 0 aromatic carbocycles. The van der Waals surface area contributed by atoms with Crippen LogP contribution in [-0.4, -0.2) is 22.8 Å². The predicted molar refractivity (Wildman–Crippen MR) is 67.3 cm³/mol. The molecule has 0 spiro atoms. The molecular weight excluding hydrogens is 204 g/mol. The molecule has 0 saturated heterocycles. The number of pyridine rings is 1. The second-order valence-corrected chi connectivity index (χ2v) is 5.20. The lowest BCUT2D eigenvalue weighted by molar-refractivity contribution is 0.542. The molecule has 0 fully saturated rings. The highest BCUT2D eigenvalue weighted by molar-refractivity contribution is 8.00. The quantitative estimate of drug-likeness (QED) is 0.752. The van der Waals surface area contributed by atoms with Crippen molar-refractivity contribution in [2.75, 3.05) is 6.54 Å². The summed E-state index contributed by atoms with van der Waals surface area (Å²) < 4.78 is 0. The molecule has 0 aliphatic heterocycles. The molecule has 1 heterocycles. The summed E-state index contributed by atoms with van der Waals surface area (Å²) in [4.78, 5) is 5.31. The summed E-state index contributed by atoms with van der Waals surface area (Å²) in [5, 5.41) is 4.10. The van der Waals surface area contributed by atoms with Gasteiger partial charge >= 0.3 is 0 Å². The molecule has 1 rings (SSSR count). The van der Waals surface area contributed by atoms with E-state index < -0.39 is 0 Å². The summed E-state index contributed by atoms with van der Waals surface area (Å²) in [5.74, 6) is 0. The Hall–Kier alpha value is -0.540. The minimum absolute atomic E-state index is 0.545. The number of nitrogens with one attached hydrogen (secondary N) is 1. The van der Waals surface area contributed by atoms with E-state index in [1.54, 1.807) is 0 Å². The molecule has 2 unspecified atom stereocenters. The highest BCUT2D eigenvalue weighted by Crippen LogP contribution is 2.24. The Morgan fingerprint density at radius 1 is 1.33 bits per heavy atom. The fourth-order valence-electron chi connectivity index (χ4n) is 1.27. The van der Waals surface area contributed by atoms with E-state index in [0.29, 0.717) is 11.3 Å². The summed E-state index contributed by atoms with van der Waals surface area (Å²) in [7, 11) is 0. The second kappa shape index (κ2) is 6.85. The molecule has 2 atom stereocenters. The van der Waals surface area contributed by atoms with Crippen molar-refractivity contribution in [1.29, 1.82) is 0 Å². The normalized spacial score (nSPS) is 14.9. The van der Waals surface area contributed by atoms with Gasteiger partial charge in [-0.15, -0.1) is 11.8 Å². The van der Waals surface area contributed by atoms with E-state index in [9.17, 15) is 0 Å². The number of aromatic nitrogens is 1. The molecule has 0 amide bonds. The third-order valence-electron chi connectivity index (χ3n) is 2.39. The largest absolute Gasteiger partial charge is 0.313 e. The van der Waals surface area contributed by atoms with Crippen molar-refractivity contribution in [3.05, 3.63) is 24.5 Å². The van der Waals surface area contributed by atoms with Gasteiger partial charge in [0.25, 0.3) is 0 Å². The van der Waals surface area contributed by atoms with Gasteiger partial charge in [-0.1, -0.05) is 13.8 Å². The Labute approximate surface area is 96.9 Å². The molecule has 15 heavy (non-hydrogen) atoms. The van der Waals surface area contributed by atoms with Crippen molar-refractivity contribution in [2.24, 2.45) is 0 Å². The molecule has 0 radical (unpaired) electrons. The first-order chi connectivity index (χ1) is 7.24. The van der Waals surface area contributed by atoms with Crippen molar-refractivity contribution in [3.63, 3.8) is 0 Å². The predicted octanol–water partition coefficient (Wildman–Crippen LogP) is 2.95. The second-order valence-electron chi connectivity index (χ2n) is 3.75. The Morgan fingerprint density at radius 2 is 2.00 bits per heavy atom. The van der Waals surface area contributed by atoms with Crippen LogP contribution in [0.2, 0.25) is 0 Å². The van der Waals surface area contributed by atoms with Crippen LogP contribution in [0.5, 0.6) is 0 Å². The molecular formula is C12H20N2S. The lowest BCUT2D eigenvalue weighted by Gasteiger charge is -2.20. The molecule has 0 aliphatic carbocycles. The van der Waals surface area contributed by atoms with E-state index in [1.165, 1.54) is 11.3 Å². The molecule has 84 valence electrons. The average Bonchev–Trinajstić information content (AvgIpc) is 2.27. The standard InChI is InChI=1S/C12H20N2S/c1-4-7-14-10(2)11(3)15-12-5-8-13-9-6-12/h5-6,8-11,14H,4,7H2,1-3H3. The van der Waals surface area contributed by atoms with Gasteiger partial charge in [0.2, 0.25) is 0 Å². The summed E-state index contributed by atoms with van der Waals surface area (Å²) >= 11 is 1.90. The van der Waals surface area contributed by atoms with E-state index in [2.05, 4.69) is 43.2 Å². The van der Waals surface area contributed by atoms with Crippen molar-refractivity contribution in [3.8, 4) is 0 Å². The number of rotatable bonds is 6. The lowest BCUT2D eigenvalue weighted by Crippen LogP contribution is -2.34. The van der Waals surface area contributed by atoms with Crippen molar-refractivity contribution in [2.45, 2.75) is 43.4 Å². The summed E-state index contributed by atoms with van der Waals surface area (Å²) in [5.41, 5.74) is 0. The Balaban J connectivity index is 2.38.